The third-order valence-corrected chi connectivity index (χ3v) is 2.64. The molecule has 0 spiro atoms. The number of ether oxygens (including phenoxy) is 1. The second kappa shape index (κ2) is 4.26. The molecule has 0 saturated carbocycles. The lowest BCUT2D eigenvalue weighted by atomic mass is 10.1. The molecule has 1 aromatic carbocycles. The molecule has 2 N–H and O–H groups in total. The average Bonchev–Trinajstić information content (AvgIpc) is 2.74. The molecule has 2 rings (SSSR count). The van der Waals surface area contributed by atoms with Crippen LogP contribution in [-0.4, -0.2) is 16.9 Å². The van der Waals surface area contributed by atoms with Gasteiger partial charge in [0.15, 0.2) is 0 Å². The largest absolute Gasteiger partial charge is 0.497 e. The molecule has 0 saturated heterocycles. The summed E-state index contributed by atoms with van der Waals surface area (Å²) in [4.78, 5) is 0. The number of nitrogens with zero attached hydrogens (tertiary/aromatic N) is 2. The van der Waals surface area contributed by atoms with Gasteiger partial charge in [0.05, 0.1) is 19.3 Å². The Bertz CT molecular complexity index is 479. The van der Waals surface area contributed by atoms with Crippen molar-refractivity contribution in [3.05, 3.63) is 42.1 Å². The fourth-order valence-electron chi connectivity index (χ4n) is 1.69. The van der Waals surface area contributed by atoms with Crippen LogP contribution in [-0.2, 0) is 0 Å². The highest BCUT2D eigenvalue weighted by Crippen LogP contribution is 2.23. The van der Waals surface area contributed by atoms with Crippen LogP contribution in [0, 0.1) is 0 Å². The second-order valence-electron chi connectivity index (χ2n) is 3.65. The van der Waals surface area contributed by atoms with E-state index < -0.39 is 0 Å². The Hall–Kier alpha value is -1.97. The third kappa shape index (κ3) is 1.86. The molecular weight excluding hydrogens is 202 g/mol. The summed E-state index contributed by atoms with van der Waals surface area (Å²) < 4.78 is 6.98. The summed E-state index contributed by atoms with van der Waals surface area (Å²) in [6.07, 6.45) is 1.70. The van der Waals surface area contributed by atoms with E-state index in [1.54, 1.807) is 24.1 Å². The van der Waals surface area contributed by atoms with Gasteiger partial charge in [0.1, 0.15) is 11.6 Å². The van der Waals surface area contributed by atoms with Gasteiger partial charge in [0.25, 0.3) is 0 Å². The molecule has 0 aliphatic rings. The van der Waals surface area contributed by atoms with Gasteiger partial charge >= 0.3 is 0 Å². The summed E-state index contributed by atoms with van der Waals surface area (Å²) in [5, 5.41) is 4.20. The molecule has 0 unspecified atom stereocenters. The van der Waals surface area contributed by atoms with E-state index in [-0.39, 0.29) is 6.04 Å². The van der Waals surface area contributed by atoms with E-state index in [0.717, 1.165) is 11.3 Å². The first-order valence-corrected chi connectivity index (χ1v) is 5.15. The molecule has 1 atom stereocenters. The van der Waals surface area contributed by atoms with Crippen molar-refractivity contribution in [2.24, 2.45) is 0 Å². The second-order valence-corrected chi connectivity index (χ2v) is 3.65. The predicted octanol–water partition coefficient (Wildman–Crippen LogP) is 2.08. The summed E-state index contributed by atoms with van der Waals surface area (Å²) in [5.74, 6) is 1.50. The first kappa shape index (κ1) is 10.5. The average molecular weight is 217 g/mol. The van der Waals surface area contributed by atoms with Crippen LogP contribution in [0.3, 0.4) is 0 Å². The number of nitrogen functional groups attached to an aromatic ring is 1. The molecular formula is C12H15N3O. The SMILES string of the molecule is COc1cccc([C@H](C)n2nccc2N)c1. The number of nitrogens with two attached hydrogens (primary N) is 1. The normalized spacial score (nSPS) is 12.4. The standard InChI is InChI=1S/C12H15N3O/c1-9(15-12(13)6-7-14-15)10-4-3-5-11(8-10)16-2/h3-9H,13H2,1-2H3/t9-/m0/s1. The Morgan fingerprint density at radius 1 is 1.38 bits per heavy atom. The van der Waals surface area contributed by atoms with Crippen LogP contribution in [0.2, 0.25) is 0 Å². The van der Waals surface area contributed by atoms with Gasteiger partial charge < -0.3 is 10.5 Å². The van der Waals surface area contributed by atoms with Crippen molar-refractivity contribution >= 4 is 5.82 Å². The van der Waals surface area contributed by atoms with Crippen molar-refractivity contribution in [1.29, 1.82) is 0 Å². The highest BCUT2D eigenvalue weighted by molar-refractivity contribution is 5.34. The van der Waals surface area contributed by atoms with Crippen LogP contribution in [0.5, 0.6) is 5.75 Å². The quantitative estimate of drug-likeness (QED) is 0.856. The van der Waals surface area contributed by atoms with Crippen LogP contribution in [0.15, 0.2) is 36.5 Å². The van der Waals surface area contributed by atoms with E-state index in [1.165, 1.54) is 0 Å². The van der Waals surface area contributed by atoms with Gasteiger partial charge in [-0.2, -0.15) is 5.10 Å². The Morgan fingerprint density at radius 2 is 2.19 bits per heavy atom. The van der Waals surface area contributed by atoms with Crippen molar-refractivity contribution in [3.8, 4) is 5.75 Å². The Labute approximate surface area is 94.6 Å². The minimum atomic E-state index is 0.102. The molecule has 4 nitrogen and oxygen atoms in total. The summed E-state index contributed by atoms with van der Waals surface area (Å²) in [6.45, 7) is 2.05. The van der Waals surface area contributed by atoms with Crippen LogP contribution in [0.1, 0.15) is 18.5 Å². The first-order valence-electron chi connectivity index (χ1n) is 5.15. The molecule has 0 aliphatic heterocycles. The van der Waals surface area contributed by atoms with Gasteiger partial charge in [0, 0.05) is 0 Å². The summed E-state index contributed by atoms with van der Waals surface area (Å²) in [6, 6.07) is 9.80. The number of hydrogen-bond acceptors (Lipinski definition) is 3. The Balaban J connectivity index is 2.33. The maximum absolute atomic E-state index is 5.82. The zero-order valence-electron chi connectivity index (χ0n) is 9.42. The van der Waals surface area contributed by atoms with Crippen molar-refractivity contribution in [2.45, 2.75) is 13.0 Å². The number of rotatable bonds is 3. The van der Waals surface area contributed by atoms with Crippen LogP contribution < -0.4 is 10.5 Å². The molecule has 0 fully saturated rings. The zero-order chi connectivity index (χ0) is 11.5. The molecule has 0 aliphatic carbocycles. The number of benzene rings is 1. The molecule has 84 valence electrons. The van der Waals surface area contributed by atoms with Crippen molar-refractivity contribution < 1.29 is 4.74 Å². The number of hydrogen-bond donors (Lipinski definition) is 1. The van der Waals surface area contributed by atoms with Crippen molar-refractivity contribution in [1.82, 2.24) is 9.78 Å². The molecule has 1 heterocycles. The maximum Gasteiger partial charge on any atom is 0.122 e. The molecule has 0 amide bonds. The third-order valence-electron chi connectivity index (χ3n) is 2.64. The van der Waals surface area contributed by atoms with Crippen LogP contribution in [0.4, 0.5) is 5.82 Å². The maximum atomic E-state index is 5.82. The van der Waals surface area contributed by atoms with E-state index in [1.807, 2.05) is 24.3 Å². The number of aromatic nitrogens is 2. The molecule has 4 heteroatoms. The molecule has 1 aromatic heterocycles. The van der Waals surface area contributed by atoms with Gasteiger partial charge in [0.2, 0.25) is 0 Å². The van der Waals surface area contributed by atoms with Crippen LogP contribution >= 0.6 is 0 Å². The van der Waals surface area contributed by atoms with E-state index in [4.69, 9.17) is 10.5 Å². The van der Waals surface area contributed by atoms with Gasteiger partial charge in [-0.3, -0.25) is 0 Å². The van der Waals surface area contributed by atoms with E-state index in [2.05, 4.69) is 12.0 Å². The van der Waals surface area contributed by atoms with Gasteiger partial charge in [-0.25, -0.2) is 4.68 Å². The predicted molar refractivity (Wildman–Crippen MR) is 63.4 cm³/mol. The minimum Gasteiger partial charge on any atom is -0.497 e. The van der Waals surface area contributed by atoms with Gasteiger partial charge in [-0.15, -0.1) is 0 Å². The zero-order valence-corrected chi connectivity index (χ0v) is 9.42. The highest BCUT2D eigenvalue weighted by atomic mass is 16.5. The topological polar surface area (TPSA) is 53.1 Å². The number of anilines is 1. The molecule has 2 aromatic rings. The molecule has 0 radical (unpaired) electrons. The van der Waals surface area contributed by atoms with Crippen molar-refractivity contribution in [3.63, 3.8) is 0 Å². The fourth-order valence-corrected chi connectivity index (χ4v) is 1.69. The lowest BCUT2D eigenvalue weighted by molar-refractivity contribution is 0.413. The van der Waals surface area contributed by atoms with Gasteiger partial charge in [-0.05, 0) is 30.7 Å². The van der Waals surface area contributed by atoms with Crippen LogP contribution in [0.25, 0.3) is 0 Å². The summed E-state index contributed by atoms with van der Waals surface area (Å²) >= 11 is 0. The smallest absolute Gasteiger partial charge is 0.122 e. The lowest BCUT2D eigenvalue weighted by Crippen LogP contribution is -2.11. The minimum absolute atomic E-state index is 0.102. The highest BCUT2D eigenvalue weighted by Gasteiger charge is 2.11. The fraction of sp³-hybridized carbons (Fsp3) is 0.250. The summed E-state index contributed by atoms with van der Waals surface area (Å²) in [7, 11) is 1.66. The van der Waals surface area contributed by atoms with E-state index in [9.17, 15) is 0 Å². The van der Waals surface area contributed by atoms with E-state index in [0.29, 0.717) is 5.82 Å². The first-order chi connectivity index (χ1) is 7.72. The van der Waals surface area contributed by atoms with Gasteiger partial charge in [-0.1, -0.05) is 12.1 Å². The summed E-state index contributed by atoms with van der Waals surface area (Å²) in [5.41, 5.74) is 6.94. The lowest BCUT2D eigenvalue weighted by Gasteiger charge is -2.15. The molecule has 16 heavy (non-hydrogen) atoms. The monoisotopic (exact) mass is 217 g/mol. The molecule has 0 bridgehead atoms. The number of methoxy groups -OCH3 is 1. The van der Waals surface area contributed by atoms with E-state index >= 15 is 0 Å². The Kier molecular flexibility index (Phi) is 2.81. The van der Waals surface area contributed by atoms with Crippen molar-refractivity contribution in [2.75, 3.05) is 12.8 Å². The Morgan fingerprint density at radius 3 is 2.81 bits per heavy atom.